The molecule has 4 heteroatoms. The van der Waals surface area contributed by atoms with Gasteiger partial charge in [-0.25, -0.2) is 0 Å². The first-order valence-corrected chi connectivity index (χ1v) is 13.5. The van der Waals surface area contributed by atoms with Crippen LogP contribution in [0.25, 0.3) is 5.76 Å². The number of alkyl halides is 2. The summed E-state index contributed by atoms with van der Waals surface area (Å²) in [5.74, 6) is 2.60. The predicted octanol–water partition coefficient (Wildman–Crippen LogP) is 8.84. The van der Waals surface area contributed by atoms with Crippen molar-refractivity contribution >= 4 is 29.0 Å². The van der Waals surface area contributed by atoms with Crippen LogP contribution in [-0.4, -0.2) is 25.0 Å². The van der Waals surface area contributed by atoms with Crippen LogP contribution in [0.15, 0.2) is 30.3 Å². The van der Waals surface area contributed by atoms with Gasteiger partial charge in [-0.15, -0.1) is 23.2 Å². The van der Waals surface area contributed by atoms with Gasteiger partial charge in [0.2, 0.25) is 0 Å². The van der Waals surface area contributed by atoms with E-state index in [1.165, 1.54) is 62.5 Å². The molecule has 0 fully saturated rings. The van der Waals surface area contributed by atoms with Gasteiger partial charge in [0.1, 0.15) is 5.76 Å². The van der Waals surface area contributed by atoms with Gasteiger partial charge in [0.05, 0.1) is 12.2 Å². The van der Waals surface area contributed by atoms with Crippen LogP contribution in [0.4, 0.5) is 0 Å². The van der Waals surface area contributed by atoms with Crippen molar-refractivity contribution in [3.05, 3.63) is 41.5 Å². The molecule has 1 atom stereocenters. The predicted molar refractivity (Wildman–Crippen MR) is 135 cm³/mol. The summed E-state index contributed by atoms with van der Waals surface area (Å²) < 4.78 is 12.6. The molecule has 2 nitrogen and oxygen atoms in total. The third-order valence-electron chi connectivity index (χ3n) is 6.17. The maximum atomic E-state index is 6.43. The van der Waals surface area contributed by atoms with E-state index in [4.69, 9.17) is 32.7 Å². The van der Waals surface area contributed by atoms with E-state index in [9.17, 15) is 0 Å². The van der Waals surface area contributed by atoms with E-state index in [1.54, 1.807) is 0 Å². The van der Waals surface area contributed by atoms with Crippen molar-refractivity contribution in [3.8, 4) is 0 Å². The summed E-state index contributed by atoms with van der Waals surface area (Å²) >= 11 is 11.5. The third kappa shape index (κ3) is 9.76. The lowest BCUT2D eigenvalue weighted by atomic mass is 9.83. The van der Waals surface area contributed by atoms with Gasteiger partial charge < -0.3 is 9.47 Å². The maximum absolute atomic E-state index is 6.43. The molecule has 0 heterocycles. The zero-order valence-corrected chi connectivity index (χ0v) is 21.0. The van der Waals surface area contributed by atoms with Crippen LogP contribution in [0.3, 0.4) is 0 Å². The smallest absolute Gasteiger partial charge is 0.123 e. The van der Waals surface area contributed by atoms with Crippen LogP contribution >= 0.6 is 23.2 Å². The maximum Gasteiger partial charge on any atom is 0.123 e. The highest BCUT2D eigenvalue weighted by Gasteiger charge is 2.33. The van der Waals surface area contributed by atoms with E-state index >= 15 is 0 Å². The molecule has 0 saturated heterocycles. The van der Waals surface area contributed by atoms with Crippen LogP contribution < -0.4 is 0 Å². The summed E-state index contributed by atoms with van der Waals surface area (Å²) in [7, 11) is 0. The summed E-state index contributed by atoms with van der Waals surface area (Å²) in [5, 5.41) is 0. The average molecular weight is 470 g/mol. The molecule has 0 spiro atoms. The van der Waals surface area contributed by atoms with Crippen molar-refractivity contribution in [2.75, 3.05) is 25.0 Å². The minimum absolute atomic E-state index is 0.259. The van der Waals surface area contributed by atoms with Gasteiger partial charge in [-0.05, 0) is 44.2 Å². The zero-order chi connectivity index (χ0) is 22.2. The largest absolute Gasteiger partial charge is 0.493 e. The molecule has 0 saturated carbocycles. The molecule has 0 N–H and O–H groups in total. The monoisotopic (exact) mass is 468 g/mol. The first kappa shape index (κ1) is 26.6. The summed E-state index contributed by atoms with van der Waals surface area (Å²) in [5.41, 5.74) is 2.19. The van der Waals surface area contributed by atoms with E-state index in [0.29, 0.717) is 0 Å². The molecule has 31 heavy (non-hydrogen) atoms. The Labute approximate surface area is 200 Å². The van der Waals surface area contributed by atoms with Gasteiger partial charge in [0, 0.05) is 30.4 Å². The van der Waals surface area contributed by atoms with E-state index in [1.807, 2.05) is 0 Å². The Kier molecular flexibility index (Phi) is 13.7. The van der Waals surface area contributed by atoms with E-state index in [-0.39, 0.29) is 5.60 Å². The quantitative estimate of drug-likeness (QED) is 0.158. The zero-order valence-electron chi connectivity index (χ0n) is 19.5. The number of unbranched alkanes of at least 4 members (excludes halogenated alkanes) is 10. The number of halogens is 2. The Morgan fingerprint density at radius 1 is 0.742 bits per heavy atom. The summed E-state index contributed by atoms with van der Waals surface area (Å²) in [6.45, 7) is 3.82. The molecule has 1 aromatic rings. The lowest BCUT2D eigenvalue weighted by Crippen LogP contribution is -2.30. The number of hydrogen-bond acceptors (Lipinski definition) is 2. The molecular formula is C27H42Cl2O2. The molecule has 0 aromatic heterocycles. The van der Waals surface area contributed by atoms with Crippen LogP contribution in [-0.2, 0) is 15.1 Å². The average Bonchev–Trinajstić information content (AvgIpc) is 2.79. The first-order valence-electron chi connectivity index (χ1n) is 12.4. The SMILES string of the molecule is CC1(OCCCCCCCCCl)CC=C(OCCCCCCCCCl)c2ccccc21. The highest BCUT2D eigenvalue weighted by Crippen LogP contribution is 2.40. The van der Waals surface area contributed by atoms with Crippen molar-refractivity contribution < 1.29 is 9.47 Å². The van der Waals surface area contributed by atoms with E-state index in [2.05, 4.69) is 37.3 Å². The number of hydrogen-bond donors (Lipinski definition) is 0. The molecule has 0 aliphatic heterocycles. The fraction of sp³-hybridized carbons (Fsp3) is 0.704. The molecular weight excluding hydrogens is 427 g/mol. The molecule has 0 bridgehead atoms. The molecule has 176 valence electrons. The second-order valence-electron chi connectivity index (χ2n) is 8.87. The second kappa shape index (κ2) is 16.0. The standard InChI is InChI=1S/C27H42Cl2O2/c1-27(31-23-15-9-5-3-7-13-21-29)19-18-26(24-16-10-11-17-25(24)27)30-22-14-8-4-2-6-12-20-28/h10-11,16-18H,2-9,12-15,19-23H2,1H3. The summed E-state index contributed by atoms with van der Waals surface area (Å²) in [6.07, 6.45) is 17.7. The van der Waals surface area contributed by atoms with Crippen molar-refractivity contribution in [1.82, 2.24) is 0 Å². The molecule has 2 rings (SSSR count). The Morgan fingerprint density at radius 2 is 1.29 bits per heavy atom. The van der Waals surface area contributed by atoms with Crippen molar-refractivity contribution in [1.29, 1.82) is 0 Å². The first-order chi connectivity index (χ1) is 15.2. The molecule has 0 amide bonds. The van der Waals surface area contributed by atoms with Crippen molar-refractivity contribution in [2.24, 2.45) is 0 Å². The van der Waals surface area contributed by atoms with Crippen LogP contribution in [0.5, 0.6) is 0 Å². The minimum Gasteiger partial charge on any atom is -0.493 e. The van der Waals surface area contributed by atoms with Crippen LogP contribution in [0.2, 0.25) is 0 Å². The Hall–Kier alpha value is -0.700. The van der Waals surface area contributed by atoms with Crippen molar-refractivity contribution in [2.45, 2.75) is 96.0 Å². The highest BCUT2D eigenvalue weighted by atomic mass is 35.5. The molecule has 1 aliphatic carbocycles. The van der Waals surface area contributed by atoms with Gasteiger partial charge in [-0.1, -0.05) is 75.6 Å². The van der Waals surface area contributed by atoms with Gasteiger partial charge in [-0.2, -0.15) is 0 Å². The number of ether oxygens (including phenoxy) is 2. The normalized spacial score (nSPS) is 18.0. The van der Waals surface area contributed by atoms with Crippen LogP contribution in [0, 0.1) is 0 Å². The third-order valence-corrected chi connectivity index (χ3v) is 6.71. The molecule has 1 unspecified atom stereocenters. The number of benzene rings is 1. The Bertz CT molecular complexity index is 631. The second-order valence-corrected chi connectivity index (χ2v) is 9.62. The lowest BCUT2D eigenvalue weighted by molar-refractivity contribution is -0.0378. The van der Waals surface area contributed by atoms with Gasteiger partial charge >= 0.3 is 0 Å². The Morgan fingerprint density at radius 3 is 1.94 bits per heavy atom. The number of rotatable bonds is 18. The minimum atomic E-state index is -0.259. The van der Waals surface area contributed by atoms with Gasteiger partial charge in [0.15, 0.2) is 0 Å². The summed E-state index contributed by atoms with van der Waals surface area (Å²) in [6, 6.07) is 8.58. The molecule has 0 radical (unpaired) electrons. The van der Waals surface area contributed by atoms with Crippen molar-refractivity contribution in [3.63, 3.8) is 0 Å². The van der Waals surface area contributed by atoms with Gasteiger partial charge in [-0.3, -0.25) is 0 Å². The van der Waals surface area contributed by atoms with E-state index in [0.717, 1.165) is 62.8 Å². The Balaban J connectivity index is 1.74. The molecule has 1 aromatic carbocycles. The number of fused-ring (bicyclic) bond motifs is 1. The lowest BCUT2D eigenvalue weighted by Gasteiger charge is -2.35. The summed E-state index contributed by atoms with van der Waals surface area (Å²) in [4.78, 5) is 0. The fourth-order valence-corrected chi connectivity index (χ4v) is 4.60. The fourth-order valence-electron chi connectivity index (χ4n) is 4.23. The molecule has 1 aliphatic rings. The van der Waals surface area contributed by atoms with Crippen LogP contribution in [0.1, 0.15) is 102 Å². The highest BCUT2D eigenvalue weighted by molar-refractivity contribution is 6.18. The topological polar surface area (TPSA) is 18.5 Å². The van der Waals surface area contributed by atoms with Gasteiger partial charge in [0.25, 0.3) is 0 Å². The van der Waals surface area contributed by atoms with E-state index < -0.39 is 0 Å².